The molecule has 1 aromatic carbocycles. The lowest BCUT2D eigenvalue weighted by Crippen LogP contribution is -2.52. The Morgan fingerprint density at radius 3 is 2.81 bits per heavy atom. The van der Waals surface area contributed by atoms with Crippen LogP contribution in [0.3, 0.4) is 0 Å². The van der Waals surface area contributed by atoms with Gasteiger partial charge in [-0.25, -0.2) is 0 Å². The Kier molecular flexibility index (Phi) is 4.20. The van der Waals surface area contributed by atoms with Gasteiger partial charge in [0.1, 0.15) is 12.1 Å². The quantitative estimate of drug-likeness (QED) is 0.770. The van der Waals surface area contributed by atoms with Gasteiger partial charge in [-0.2, -0.15) is 0 Å². The van der Waals surface area contributed by atoms with Crippen molar-refractivity contribution in [3.63, 3.8) is 0 Å². The molecule has 0 radical (unpaired) electrons. The number of nitrogens with zero attached hydrogens (tertiary/aromatic N) is 1. The average Bonchev–Trinajstić information content (AvgIpc) is 3.25. The van der Waals surface area contributed by atoms with Gasteiger partial charge in [0.25, 0.3) is 11.8 Å². The highest BCUT2D eigenvalue weighted by molar-refractivity contribution is 6.07. The zero-order valence-corrected chi connectivity index (χ0v) is 14.1. The molecule has 136 valence electrons. The lowest BCUT2D eigenvalue weighted by Gasteiger charge is -2.29. The van der Waals surface area contributed by atoms with Crippen LogP contribution in [0.2, 0.25) is 0 Å². The fourth-order valence-electron chi connectivity index (χ4n) is 3.70. The molecule has 0 aliphatic carbocycles. The number of nitrogens with one attached hydrogen (secondary N) is 2. The second kappa shape index (κ2) is 6.53. The summed E-state index contributed by atoms with van der Waals surface area (Å²) in [6.45, 7) is 0.801. The Bertz CT molecular complexity index is 800. The maximum absolute atomic E-state index is 12.7. The van der Waals surface area contributed by atoms with Crippen LogP contribution in [0.15, 0.2) is 18.2 Å². The highest BCUT2D eigenvalue weighted by atomic mass is 16.5. The van der Waals surface area contributed by atoms with E-state index in [1.807, 2.05) is 0 Å². The van der Waals surface area contributed by atoms with E-state index in [0.717, 1.165) is 6.42 Å². The Hall–Kier alpha value is -2.74. The van der Waals surface area contributed by atoms with Gasteiger partial charge in [0, 0.05) is 36.4 Å². The number of fused-ring (bicyclic) bond motifs is 1. The molecule has 0 saturated carbocycles. The second-order valence-corrected chi connectivity index (χ2v) is 6.72. The number of amides is 4. The van der Waals surface area contributed by atoms with Gasteiger partial charge >= 0.3 is 0 Å². The lowest BCUT2D eigenvalue weighted by molar-refractivity contribution is -0.137. The summed E-state index contributed by atoms with van der Waals surface area (Å²) in [7, 11) is 0. The third kappa shape index (κ3) is 2.86. The minimum absolute atomic E-state index is 0.207. The molecule has 8 nitrogen and oxygen atoms in total. The van der Waals surface area contributed by atoms with E-state index in [0.29, 0.717) is 36.3 Å². The van der Waals surface area contributed by atoms with Crippen molar-refractivity contribution in [3.05, 3.63) is 29.3 Å². The molecule has 1 aromatic rings. The molecule has 2 N–H and O–H groups in total. The summed E-state index contributed by atoms with van der Waals surface area (Å²) in [4.78, 5) is 50.0. The van der Waals surface area contributed by atoms with Gasteiger partial charge in [0.2, 0.25) is 11.8 Å². The molecule has 0 bridgehead atoms. The number of ether oxygens (including phenoxy) is 1. The summed E-state index contributed by atoms with van der Waals surface area (Å²) in [6, 6.07) is 4.46. The zero-order chi connectivity index (χ0) is 18.3. The van der Waals surface area contributed by atoms with Crippen LogP contribution in [-0.2, 0) is 25.7 Å². The molecule has 3 aliphatic rings. The Balaban J connectivity index is 1.55. The van der Waals surface area contributed by atoms with Crippen molar-refractivity contribution in [2.75, 3.05) is 11.9 Å². The third-order valence-electron chi connectivity index (χ3n) is 5.06. The van der Waals surface area contributed by atoms with Gasteiger partial charge in [-0.1, -0.05) is 6.07 Å². The van der Waals surface area contributed by atoms with Crippen LogP contribution in [0.4, 0.5) is 5.69 Å². The first kappa shape index (κ1) is 16.7. The molecule has 4 rings (SSSR count). The van der Waals surface area contributed by atoms with Crippen molar-refractivity contribution in [1.82, 2.24) is 10.2 Å². The minimum atomic E-state index is -0.672. The number of hydrogen-bond donors (Lipinski definition) is 2. The van der Waals surface area contributed by atoms with Crippen LogP contribution in [0.5, 0.6) is 0 Å². The first-order chi connectivity index (χ1) is 12.5. The van der Waals surface area contributed by atoms with Crippen LogP contribution >= 0.6 is 0 Å². The number of carbonyl (C=O) groups excluding carboxylic acids is 4. The van der Waals surface area contributed by atoms with Crippen LogP contribution in [0.25, 0.3) is 0 Å². The summed E-state index contributed by atoms with van der Waals surface area (Å²) >= 11 is 0. The van der Waals surface area contributed by atoms with E-state index in [2.05, 4.69) is 10.6 Å². The molecule has 0 spiro atoms. The van der Waals surface area contributed by atoms with E-state index >= 15 is 0 Å². The molecule has 2 unspecified atom stereocenters. The maximum Gasteiger partial charge on any atom is 0.255 e. The van der Waals surface area contributed by atoms with Gasteiger partial charge in [0.05, 0.1) is 0 Å². The molecule has 3 heterocycles. The van der Waals surface area contributed by atoms with Crippen molar-refractivity contribution < 1.29 is 23.9 Å². The van der Waals surface area contributed by atoms with E-state index in [-0.39, 0.29) is 30.7 Å². The van der Waals surface area contributed by atoms with Crippen LogP contribution in [0.1, 0.15) is 41.6 Å². The number of piperidine rings is 1. The van der Waals surface area contributed by atoms with Crippen LogP contribution in [0, 0.1) is 0 Å². The summed E-state index contributed by atoms with van der Waals surface area (Å²) in [6.07, 6.45) is 1.59. The molecule has 4 amide bonds. The SMILES string of the molecule is O=C1CCC(N2Cc3c(NC(=O)C4CCCO4)cccc3C2=O)C(=O)N1. The predicted octanol–water partition coefficient (Wildman–Crippen LogP) is 0.565. The summed E-state index contributed by atoms with van der Waals surface area (Å²) in [5, 5.41) is 5.13. The van der Waals surface area contributed by atoms with Crippen molar-refractivity contribution in [1.29, 1.82) is 0 Å². The second-order valence-electron chi connectivity index (χ2n) is 6.72. The normalized spacial score (nSPS) is 25.2. The maximum atomic E-state index is 12.7. The van der Waals surface area contributed by atoms with Gasteiger partial charge in [-0.15, -0.1) is 0 Å². The first-order valence-electron chi connectivity index (χ1n) is 8.73. The van der Waals surface area contributed by atoms with Crippen molar-refractivity contribution >= 4 is 29.3 Å². The molecule has 2 fully saturated rings. The van der Waals surface area contributed by atoms with E-state index < -0.39 is 18.1 Å². The molecular formula is C18H19N3O5. The predicted molar refractivity (Wildman–Crippen MR) is 90.1 cm³/mol. The standard InChI is InChI=1S/C18H19N3O5/c22-15-7-6-13(16(23)20-15)21-9-11-10(18(21)25)3-1-4-12(11)19-17(24)14-5-2-8-26-14/h1,3-4,13-14H,2,5-9H2,(H,19,24)(H,20,22,23). The number of hydrogen-bond acceptors (Lipinski definition) is 5. The molecule has 8 heteroatoms. The fourth-order valence-corrected chi connectivity index (χ4v) is 3.70. The molecule has 3 aliphatic heterocycles. The number of imide groups is 1. The summed E-state index contributed by atoms with van der Waals surface area (Å²) in [5.74, 6) is -1.25. The first-order valence-corrected chi connectivity index (χ1v) is 8.73. The smallest absolute Gasteiger partial charge is 0.255 e. The van der Waals surface area contributed by atoms with E-state index in [9.17, 15) is 19.2 Å². The van der Waals surface area contributed by atoms with Gasteiger partial charge in [-0.3, -0.25) is 24.5 Å². The molecule has 2 atom stereocenters. The number of benzene rings is 1. The largest absolute Gasteiger partial charge is 0.368 e. The highest BCUT2D eigenvalue weighted by Crippen LogP contribution is 2.32. The monoisotopic (exact) mass is 357 g/mol. The van der Waals surface area contributed by atoms with E-state index in [4.69, 9.17) is 4.74 Å². The zero-order valence-electron chi connectivity index (χ0n) is 14.1. The molecule has 26 heavy (non-hydrogen) atoms. The van der Waals surface area contributed by atoms with Gasteiger partial charge in [-0.05, 0) is 31.4 Å². The average molecular weight is 357 g/mol. The molecule has 0 aromatic heterocycles. The number of carbonyl (C=O) groups is 4. The Morgan fingerprint density at radius 2 is 2.08 bits per heavy atom. The van der Waals surface area contributed by atoms with Crippen LogP contribution < -0.4 is 10.6 Å². The molecule has 2 saturated heterocycles. The van der Waals surface area contributed by atoms with E-state index in [1.54, 1.807) is 18.2 Å². The summed E-state index contributed by atoms with van der Waals surface area (Å²) < 4.78 is 5.39. The summed E-state index contributed by atoms with van der Waals surface area (Å²) in [5.41, 5.74) is 1.72. The highest BCUT2D eigenvalue weighted by Gasteiger charge is 2.40. The van der Waals surface area contributed by atoms with E-state index in [1.165, 1.54) is 4.90 Å². The third-order valence-corrected chi connectivity index (χ3v) is 5.06. The Morgan fingerprint density at radius 1 is 1.23 bits per heavy atom. The number of anilines is 1. The van der Waals surface area contributed by atoms with Gasteiger partial charge in [0.15, 0.2) is 0 Å². The minimum Gasteiger partial charge on any atom is -0.368 e. The van der Waals surface area contributed by atoms with Crippen molar-refractivity contribution in [3.8, 4) is 0 Å². The fraction of sp³-hybridized carbons (Fsp3) is 0.444. The topological polar surface area (TPSA) is 105 Å². The van der Waals surface area contributed by atoms with Crippen molar-refractivity contribution in [2.45, 2.75) is 44.4 Å². The lowest BCUT2D eigenvalue weighted by atomic mass is 10.0. The van der Waals surface area contributed by atoms with Crippen LogP contribution in [-0.4, -0.2) is 47.3 Å². The Labute approximate surface area is 149 Å². The van der Waals surface area contributed by atoms with Gasteiger partial charge < -0.3 is 15.0 Å². The van der Waals surface area contributed by atoms with Crippen molar-refractivity contribution in [2.24, 2.45) is 0 Å². The molecular weight excluding hydrogens is 338 g/mol. The number of rotatable bonds is 3.